The lowest BCUT2D eigenvalue weighted by Crippen LogP contribution is -2.24. The van der Waals surface area contributed by atoms with Crippen molar-refractivity contribution in [1.29, 1.82) is 0 Å². The van der Waals surface area contributed by atoms with Gasteiger partial charge in [0.25, 0.3) is 5.56 Å². The third-order valence-corrected chi connectivity index (χ3v) is 4.25. The van der Waals surface area contributed by atoms with Crippen molar-refractivity contribution >= 4 is 28.6 Å². The van der Waals surface area contributed by atoms with Crippen LogP contribution in [0.25, 0.3) is 10.9 Å². The van der Waals surface area contributed by atoms with Gasteiger partial charge in [-0.1, -0.05) is 37.7 Å². The summed E-state index contributed by atoms with van der Waals surface area (Å²) in [7, 11) is 1.35. The van der Waals surface area contributed by atoms with E-state index in [-0.39, 0.29) is 17.3 Å². The molecule has 0 aliphatic rings. The first-order chi connectivity index (χ1) is 10.5. The molecular formula is C16H20N2O3S. The summed E-state index contributed by atoms with van der Waals surface area (Å²) in [5.41, 5.74) is 0.597. The lowest BCUT2D eigenvalue weighted by atomic mass is 10.1. The molecule has 0 saturated carbocycles. The maximum atomic E-state index is 12.7. The van der Waals surface area contributed by atoms with Crippen molar-refractivity contribution in [3.8, 4) is 0 Å². The van der Waals surface area contributed by atoms with Crippen LogP contribution in [0.5, 0.6) is 0 Å². The molecule has 0 aliphatic heterocycles. The van der Waals surface area contributed by atoms with E-state index in [9.17, 15) is 9.59 Å². The fraction of sp³-hybridized carbons (Fsp3) is 0.438. The Labute approximate surface area is 133 Å². The Morgan fingerprint density at radius 3 is 2.77 bits per heavy atom. The Kier molecular flexibility index (Phi) is 5.60. The number of ether oxygens (including phenoxy) is 1. The molecule has 0 fully saturated rings. The molecule has 0 aliphatic carbocycles. The van der Waals surface area contributed by atoms with Crippen LogP contribution in [0, 0.1) is 5.92 Å². The van der Waals surface area contributed by atoms with E-state index in [1.54, 1.807) is 10.6 Å². The SMILES string of the molecule is COC(=O)CSc1nc2ccccc2c(=O)n1CCC(C)C. The third kappa shape index (κ3) is 3.88. The molecule has 5 nitrogen and oxygen atoms in total. The van der Waals surface area contributed by atoms with Crippen LogP contribution in [0.4, 0.5) is 0 Å². The quantitative estimate of drug-likeness (QED) is 0.465. The minimum absolute atomic E-state index is 0.0568. The van der Waals surface area contributed by atoms with Crippen molar-refractivity contribution in [3.05, 3.63) is 34.6 Å². The van der Waals surface area contributed by atoms with Gasteiger partial charge in [0.05, 0.1) is 23.8 Å². The summed E-state index contributed by atoms with van der Waals surface area (Å²) in [4.78, 5) is 28.6. The zero-order valence-electron chi connectivity index (χ0n) is 13.0. The van der Waals surface area contributed by atoms with Gasteiger partial charge in [0.15, 0.2) is 5.16 Å². The normalized spacial score (nSPS) is 11.1. The number of carbonyl (C=O) groups excluding carboxylic acids is 1. The minimum atomic E-state index is -0.331. The molecule has 0 unspecified atom stereocenters. The second-order valence-electron chi connectivity index (χ2n) is 5.42. The molecule has 0 amide bonds. The van der Waals surface area contributed by atoms with Crippen molar-refractivity contribution in [2.75, 3.05) is 12.9 Å². The van der Waals surface area contributed by atoms with Crippen LogP contribution >= 0.6 is 11.8 Å². The summed E-state index contributed by atoms with van der Waals surface area (Å²) in [6, 6.07) is 7.28. The molecule has 1 aromatic carbocycles. The number of para-hydroxylation sites is 1. The van der Waals surface area contributed by atoms with Crippen LogP contribution in [0.1, 0.15) is 20.3 Å². The molecule has 2 aromatic rings. The second kappa shape index (κ2) is 7.45. The van der Waals surface area contributed by atoms with E-state index in [0.717, 1.165) is 6.42 Å². The van der Waals surface area contributed by atoms with E-state index in [1.165, 1.54) is 18.9 Å². The minimum Gasteiger partial charge on any atom is -0.468 e. The predicted molar refractivity (Wildman–Crippen MR) is 88.2 cm³/mol. The molecule has 2 rings (SSSR count). The second-order valence-corrected chi connectivity index (χ2v) is 6.36. The number of fused-ring (bicyclic) bond motifs is 1. The van der Waals surface area contributed by atoms with E-state index < -0.39 is 0 Å². The highest BCUT2D eigenvalue weighted by molar-refractivity contribution is 7.99. The first-order valence-corrected chi connectivity index (χ1v) is 8.20. The number of methoxy groups -OCH3 is 1. The van der Waals surface area contributed by atoms with Gasteiger partial charge >= 0.3 is 5.97 Å². The number of nitrogens with zero attached hydrogens (tertiary/aromatic N) is 2. The van der Waals surface area contributed by atoms with E-state index in [1.807, 2.05) is 18.2 Å². The maximum Gasteiger partial charge on any atom is 0.316 e. The number of rotatable bonds is 6. The topological polar surface area (TPSA) is 61.2 Å². The van der Waals surface area contributed by atoms with E-state index >= 15 is 0 Å². The average molecular weight is 320 g/mol. The molecule has 0 N–H and O–H groups in total. The van der Waals surface area contributed by atoms with Gasteiger partial charge in [0.2, 0.25) is 0 Å². The van der Waals surface area contributed by atoms with E-state index in [2.05, 4.69) is 23.6 Å². The Hall–Kier alpha value is -1.82. The van der Waals surface area contributed by atoms with Gasteiger partial charge < -0.3 is 4.74 Å². The lowest BCUT2D eigenvalue weighted by Gasteiger charge is -2.13. The molecule has 0 saturated heterocycles. The molecule has 118 valence electrons. The van der Waals surface area contributed by atoms with Gasteiger partial charge in [-0.05, 0) is 24.5 Å². The van der Waals surface area contributed by atoms with Crippen LogP contribution < -0.4 is 5.56 Å². The van der Waals surface area contributed by atoms with Gasteiger partial charge in [-0.15, -0.1) is 0 Å². The molecule has 6 heteroatoms. The number of aromatic nitrogens is 2. The van der Waals surface area contributed by atoms with Crippen molar-refractivity contribution in [3.63, 3.8) is 0 Å². The highest BCUT2D eigenvalue weighted by Crippen LogP contribution is 2.19. The van der Waals surface area contributed by atoms with Gasteiger partial charge in [0, 0.05) is 6.54 Å². The fourth-order valence-electron chi connectivity index (χ4n) is 2.02. The number of carbonyl (C=O) groups is 1. The summed E-state index contributed by atoms with van der Waals surface area (Å²) < 4.78 is 6.32. The number of esters is 1. The zero-order chi connectivity index (χ0) is 16.1. The molecule has 0 bridgehead atoms. The summed E-state index contributed by atoms with van der Waals surface area (Å²) in [5.74, 6) is 0.294. The number of thioether (sulfide) groups is 1. The van der Waals surface area contributed by atoms with Gasteiger partial charge in [-0.2, -0.15) is 0 Å². The Balaban J connectivity index is 2.43. The molecule has 1 aromatic heterocycles. The van der Waals surface area contributed by atoms with Crippen molar-refractivity contribution in [1.82, 2.24) is 9.55 Å². The molecule has 0 spiro atoms. The monoisotopic (exact) mass is 320 g/mol. The highest BCUT2D eigenvalue weighted by atomic mass is 32.2. The van der Waals surface area contributed by atoms with Crippen molar-refractivity contribution in [2.24, 2.45) is 5.92 Å². The standard InChI is InChI=1S/C16H20N2O3S/c1-11(2)8-9-18-15(20)12-6-4-5-7-13(12)17-16(18)22-10-14(19)21-3/h4-7,11H,8-10H2,1-3H3. The smallest absolute Gasteiger partial charge is 0.316 e. The van der Waals surface area contributed by atoms with Gasteiger partial charge in [-0.25, -0.2) is 4.98 Å². The summed E-state index contributed by atoms with van der Waals surface area (Å²) in [6.45, 7) is 4.82. The summed E-state index contributed by atoms with van der Waals surface area (Å²) >= 11 is 1.24. The summed E-state index contributed by atoms with van der Waals surface area (Å²) in [6.07, 6.45) is 0.881. The Morgan fingerprint density at radius 2 is 2.09 bits per heavy atom. The Bertz CT molecular complexity index is 725. The van der Waals surface area contributed by atoms with Crippen LogP contribution in [0.2, 0.25) is 0 Å². The van der Waals surface area contributed by atoms with E-state index in [4.69, 9.17) is 0 Å². The molecule has 0 radical (unpaired) electrons. The number of hydrogen-bond acceptors (Lipinski definition) is 5. The van der Waals surface area contributed by atoms with Crippen molar-refractivity contribution < 1.29 is 9.53 Å². The zero-order valence-corrected chi connectivity index (χ0v) is 13.9. The molecule has 0 atom stereocenters. The Morgan fingerprint density at radius 1 is 1.36 bits per heavy atom. The predicted octanol–water partition coefficient (Wildman–Crippen LogP) is 2.71. The highest BCUT2D eigenvalue weighted by Gasteiger charge is 2.13. The maximum absolute atomic E-state index is 12.7. The summed E-state index contributed by atoms with van der Waals surface area (Å²) in [5, 5.41) is 1.17. The lowest BCUT2D eigenvalue weighted by molar-refractivity contribution is -0.137. The van der Waals surface area contributed by atoms with Crippen LogP contribution in [-0.2, 0) is 16.1 Å². The molecular weight excluding hydrogens is 300 g/mol. The number of hydrogen-bond donors (Lipinski definition) is 0. The first kappa shape index (κ1) is 16.5. The van der Waals surface area contributed by atoms with Gasteiger partial charge in [0.1, 0.15) is 0 Å². The van der Waals surface area contributed by atoms with Crippen LogP contribution in [0.15, 0.2) is 34.2 Å². The first-order valence-electron chi connectivity index (χ1n) is 7.22. The largest absolute Gasteiger partial charge is 0.468 e. The molecule has 22 heavy (non-hydrogen) atoms. The fourth-order valence-corrected chi connectivity index (χ4v) is 2.88. The van der Waals surface area contributed by atoms with Crippen molar-refractivity contribution in [2.45, 2.75) is 32.0 Å². The van der Waals surface area contributed by atoms with Crippen LogP contribution in [0.3, 0.4) is 0 Å². The van der Waals surface area contributed by atoms with Gasteiger partial charge in [-0.3, -0.25) is 14.2 Å². The third-order valence-electron chi connectivity index (χ3n) is 3.30. The average Bonchev–Trinajstić information content (AvgIpc) is 2.51. The van der Waals surface area contributed by atoms with E-state index in [0.29, 0.717) is 28.5 Å². The van der Waals surface area contributed by atoms with Crippen LogP contribution in [-0.4, -0.2) is 28.4 Å². The molecule has 1 heterocycles. The number of benzene rings is 1.